The molecule has 4 aromatic rings. The van der Waals surface area contributed by atoms with Gasteiger partial charge in [0.25, 0.3) is 0 Å². The van der Waals surface area contributed by atoms with Crippen LogP contribution in [0.15, 0.2) is 66.3 Å². The first-order chi connectivity index (χ1) is 14.3. The molecular weight excluding hydrogens is 380 g/mol. The van der Waals surface area contributed by atoms with Gasteiger partial charge in [-0.3, -0.25) is 4.79 Å². The Morgan fingerprint density at radius 1 is 1.10 bits per heavy atom. The molecular formula is C23H22N4OS. The average Bonchev–Trinajstić information content (AvgIpc) is 3.49. The van der Waals surface area contributed by atoms with Gasteiger partial charge in [0.05, 0.1) is 29.5 Å². The summed E-state index contributed by atoms with van der Waals surface area (Å²) < 4.78 is 2.17. The van der Waals surface area contributed by atoms with Gasteiger partial charge in [-0.2, -0.15) is 0 Å². The molecule has 29 heavy (non-hydrogen) atoms. The number of nitrogens with zero attached hydrogens (tertiary/aromatic N) is 4. The molecule has 0 N–H and O–H groups in total. The quantitative estimate of drug-likeness (QED) is 0.497. The predicted octanol–water partition coefficient (Wildman–Crippen LogP) is 4.39. The van der Waals surface area contributed by atoms with Crippen LogP contribution in [0.25, 0.3) is 21.6 Å². The van der Waals surface area contributed by atoms with Crippen molar-refractivity contribution in [1.82, 2.24) is 19.4 Å². The van der Waals surface area contributed by atoms with Gasteiger partial charge in [0.15, 0.2) is 0 Å². The first-order valence-corrected chi connectivity index (χ1v) is 10.8. The normalized spacial score (nSPS) is 16.6. The lowest BCUT2D eigenvalue weighted by atomic mass is 10.2. The molecule has 6 heteroatoms. The number of hydrogen-bond acceptors (Lipinski definition) is 4. The summed E-state index contributed by atoms with van der Waals surface area (Å²) in [7, 11) is 0. The van der Waals surface area contributed by atoms with E-state index >= 15 is 0 Å². The van der Waals surface area contributed by atoms with Crippen molar-refractivity contribution in [3.63, 3.8) is 0 Å². The van der Waals surface area contributed by atoms with E-state index in [1.807, 2.05) is 53.0 Å². The number of rotatable bonds is 5. The summed E-state index contributed by atoms with van der Waals surface area (Å²) in [6.45, 7) is 1.62. The van der Waals surface area contributed by atoms with E-state index in [9.17, 15) is 4.79 Å². The Balaban J connectivity index is 1.29. The van der Waals surface area contributed by atoms with Crippen LogP contribution in [0.3, 0.4) is 0 Å². The molecule has 146 valence electrons. The molecule has 1 atom stereocenters. The fraction of sp³-hybridized carbons (Fsp3) is 0.261. The molecule has 5 nitrogen and oxygen atoms in total. The minimum Gasteiger partial charge on any atom is -0.338 e. The summed E-state index contributed by atoms with van der Waals surface area (Å²) >= 11 is 1.60. The van der Waals surface area contributed by atoms with Crippen LogP contribution in [0.1, 0.15) is 18.5 Å². The van der Waals surface area contributed by atoms with Crippen molar-refractivity contribution in [3.05, 3.63) is 72.0 Å². The number of aromatic nitrogens is 3. The van der Waals surface area contributed by atoms with Crippen LogP contribution in [-0.4, -0.2) is 37.9 Å². The topological polar surface area (TPSA) is 51.0 Å². The summed E-state index contributed by atoms with van der Waals surface area (Å²) in [6, 6.07) is 18.5. The van der Waals surface area contributed by atoms with Crippen molar-refractivity contribution >= 4 is 28.3 Å². The van der Waals surface area contributed by atoms with Crippen LogP contribution in [0.5, 0.6) is 0 Å². The Hall–Kier alpha value is -2.99. The summed E-state index contributed by atoms with van der Waals surface area (Å²) in [6.07, 6.45) is 4.34. The minimum atomic E-state index is 0.168. The molecule has 5 rings (SSSR count). The highest BCUT2D eigenvalue weighted by atomic mass is 32.1. The van der Waals surface area contributed by atoms with Gasteiger partial charge in [-0.1, -0.05) is 42.5 Å². The molecule has 2 aromatic carbocycles. The van der Waals surface area contributed by atoms with E-state index in [0.717, 1.165) is 53.2 Å². The lowest BCUT2D eigenvalue weighted by Crippen LogP contribution is -2.38. The molecule has 1 fully saturated rings. The van der Waals surface area contributed by atoms with Gasteiger partial charge >= 0.3 is 0 Å². The second-order valence-corrected chi connectivity index (χ2v) is 8.31. The zero-order chi connectivity index (χ0) is 19.6. The maximum atomic E-state index is 13.0. The summed E-state index contributed by atoms with van der Waals surface area (Å²) in [5, 5.41) is 2.98. The number of thiazole rings is 1. The second kappa shape index (κ2) is 7.79. The molecule has 0 spiro atoms. The monoisotopic (exact) mass is 402 g/mol. The highest BCUT2D eigenvalue weighted by Gasteiger charge is 2.29. The van der Waals surface area contributed by atoms with E-state index in [1.54, 1.807) is 11.3 Å². The van der Waals surface area contributed by atoms with Crippen LogP contribution in [0, 0.1) is 0 Å². The summed E-state index contributed by atoms with van der Waals surface area (Å²) in [4.78, 5) is 24.2. The second-order valence-electron chi connectivity index (χ2n) is 7.46. The van der Waals surface area contributed by atoms with E-state index in [0.29, 0.717) is 6.42 Å². The van der Waals surface area contributed by atoms with Crippen LogP contribution in [0.4, 0.5) is 0 Å². The van der Waals surface area contributed by atoms with Crippen molar-refractivity contribution in [1.29, 1.82) is 0 Å². The number of para-hydroxylation sites is 2. The maximum Gasteiger partial charge on any atom is 0.228 e. The molecule has 1 aliphatic rings. The van der Waals surface area contributed by atoms with Gasteiger partial charge in [-0.25, -0.2) is 9.97 Å². The van der Waals surface area contributed by atoms with Crippen LogP contribution < -0.4 is 0 Å². The van der Waals surface area contributed by atoms with Crippen LogP contribution >= 0.6 is 11.3 Å². The van der Waals surface area contributed by atoms with Crippen LogP contribution in [0.2, 0.25) is 0 Å². The number of hydrogen-bond donors (Lipinski definition) is 0. The van der Waals surface area contributed by atoms with Crippen molar-refractivity contribution < 1.29 is 4.79 Å². The molecule has 3 heterocycles. The molecule has 1 aliphatic heterocycles. The Morgan fingerprint density at radius 3 is 2.83 bits per heavy atom. The van der Waals surface area contributed by atoms with Gasteiger partial charge < -0.3 is 9.47 Å². The third-order valence-electron chi connectivity index (χ3n) is 5.54. The zero-order valence-electron chi connectivity index (χ0n) is 16.1. The predicted molar refractivity (Wildman–Crippen MR) is 116 cm³/mol. The highest BCUT2D eigenvalue weighted by Crippen LogP contribution is 2.25. The van der Waals surface area contributed by atoms with Gasteiger partial charge in [-0.05, 0) is 25.0 Å². The number of fused-ring (bicyclic) bond motifs is 1. The summed E-state index contributed by atoms with van der Waals surface area (Å²) in [5.41, 5.74) is 4.08. The zero-order valence-corrected chi connectivity index (χ0v) is 16.9. The van der Waals surface area contributed by atoms with E-state index in [4.69, 9.17) is 0 Å². The number of carbonyl (C=O) groups excluding carboxylic acids is 1. The number of imidazole rings is 1. The number of likely N-dealkylation sites (tertiary alicyclic amines) is 1. The van der Waals surface area contributed by atoms with Crippen molar-refractivity contribution in [2.45, 2.75) is 31.8 Å². The molecule has 0 bridgehead atoms. The first kappa shape index (κ1) is 18.1. The Morgan fingerprint density at radius 2 is 1.93 bits per heavy atom. The highest BCUT2D eigenvalue weighted by molar-refractivity contribution is 7.13. The standard InChI is InChI=1S/C23H22N4OS/c28-22(13-18-15-29-23(25-18)17-7-2-1-3-8-17)27-12-6-9-19(27)14-26-16-24-20-10-4-5-11-21(20)26/h1-5,7-8,10-11,15-16,19H,6,9,12-14H2/t19-/m0/s1. The fourth-order valence-corrected chi connectivity index (χ4v) is 4.92. The summed E-state index contributed by atoms with van der Waals surface area (Å²) in [5.74, 6) is 0.168. The lowest BCUT2D eigenvalue weighted by Gasteiger charge is -2.25. The fourth-order valence-electron chi connectivity index (χ4n) is 4.09. The molecule has 1 saturated heterocycles. The lowest BCUT2D eigenvalue weighted by molar-refractivity contribution is -0.131. The smallest absolute Gasteiger partial charge is 0.228 e. The molecule has 0 saturated carbocycles. The SMILES string of the molecule is O=C(Cc1csc(-c2ccccc2)n1)N1CCC[C@H]1Cn1cnc2ccccc21. The third-order valence-corrected chi connectivity index (χ3v) is 6.48. The Labute approximate surface area is 173 Å². The van der Waals surface area contributed by atoms with Crippen LogP contribution in [-0.2, 0) is 17.8 Å². The third kappa shape index (κ3) is 3.68. The molecule has 1 amide bonds. The largest absolute Gasteiger partial charge is 0.338 e. The Kier molecular flexibility index (Phi) is 4.86. The van der Waals surface area contributed by atoms with E-state index in [-0.39, 0.29) is 11.9 Å². The first-order valence-electron chi connectivity index (χ1n) is 9.97. The molecule has 0 radical (unpaired) electrons. The van der Waals surface area contributed by atoms with Gasteiger partial charge in [-0.15, -0.1) is 11.3 Å². The maximum absolute atomic E-state index is 13.0. The van der Waals surface area contributed by atoms with Gasteiger partial charge in [0.1, 0.15) is 5.01 Å². The Bertz CT molecular complexity index is 1130. The van der Waals surface area contributed by atoms with E-state index < -0.39 is 0 Å². The number of amides is 1. The number of carbonyl (C=O) groups is 1. The molecule has 0 unspecified atom stereocenters. The van der Waals surface area contributed by atoms with Gasteiger partial charge in [0, 0.05) is 30.1 Å². The van der Waals surface area contributed by atoms with Crippen molar-refractivity contribution in [2.75, 3.05) is 6.54 Å². The van der Waals surface area contributed by atoms with Crippen molar-refractivity contribution in [3.8, 4) is 10.6 Å². The number of benzene rings is 2. The van der Waals surface area contributed by atoms with E-state index in [1.165, 1.54) is 0 Å². The van der Waals surface area contributed by atoms with Gasteiger partial charge in [0.2, 0.25) is 5.91 Å². The molecule has 2 aromatic heterocycles. The minimum absolute atomic E-state index is 0.168. The van der Waals surface area contributed by atoms with Crippen molar-refractivity contribution in [2.24, 2.45) is 0 Å². The van der Waals surface area contributed by atoms with E-state index in [2.05, 4.69) is 32.7 Å². The average molecular weight is 403 g/mol. The molecule has 0 aliphatic carbocycles.